The van der Waals surface area contributed by atoms with E-state index in [0.29, 0.717) is 16.9 Å². The minimum absolute atomic E-state index is 0.218. The molecule has 0 aliphatic carbocycles. The fourth-order valence-corrected chi connectivity index (χ4v) is 3.41. The molecule has 0 saturated heterocycles. The Balaban J connectivity index is 1.98. The number of hydrogen-bond donors (Lipinski definition) is 0. The first-order chi connectivity index (χ1) is 12.9. The molecule has 2 aromatic carbocycles. The number of benzene rings is 2. The third-order valence-electron chi connectivity index (χ3n) is 4.62. The number of aromatic nitrogens is 2. The van der Waals surface area contributed by atoms with Crippen LogP contribution in [0.1, 0.15) is 18.1 Å². The van der Waals surface area contributed by atoms with Crippen LogP contribution in [0.15, 0.2) is 42.7 Å². The summed E-state index contributed by atoms with van der Waals surface area (Å²) in [6.07, 6.45) is 1.70. The van der Waals surface area contributed by atoms with Gasteiger partial charge in [-0.3, -0.25) is 9.59 Å². The summed E-state index contributed by atoms with van der Waals surface area (Å²) < 4.78 is 21.2. The van der Waals surface area contributed by atoms with Crippen LogP contribution in [0.3, 0.4) is 0 Å². The summed E-state index contributed by atoms with van der Waals surface area (Å²) in [6.45, 7) is 1.27. The molecule has 0 fully saturated rings. The molecule has 6 nitrogen and oxygen atoms in total. The summed E-state index contributed by atoms with van der Waals surface area (Å²) in [5.74, 6) is -1.24. The van der Waals surface area contributed by atoms with E-state index in [1.807, 2.05) is 29.8 Å². The van der Waals surface area contributed by atoms with Crippen molar-refractivity contribution in [3.05, 3.63) is 59.7 Å². The third-order valence-corrected chi connectivity index (χ3v) is 4.62. The first kappa shape index (κ1) is 17.0. The van der Waals surface area contributed by atoms with Gasteiger partial charge in [0.2, 0.25) is 5.91 Å². The Hall–Kier alpha value is -3.48. The topological polar surface area (TPSA) is 64.4 Å². The summed E-state index contributed by atoms with van der Waals surface area (Å²) >= 11 is 0. The van der Waals surface area contributed by atoms with Crippen molar-refractivity contribution in [3.8, 4) is 0 Å². The molecule has 0 unspecified atom stereocenters. The van der Waals surface area contributed by atoms with E-state index in [2.05, 4.69) is 4.98 Å². The number of imide groups is 1. The Bertz CT molecular complexity index is 1150. The molecule has 0 atom stereocenters. The highest BCUT2D eigenvalue weighted by molar-refractivity contribution is 6.42. The van der Waals surface area contributed by atoms with Gasteiger partial charge in [-0.25, -0.2) is 14.3 Å². The van der Waals surface area contributed by atoms with Crippen molar-refractivity contribution in [1.82, 2.24) is 9.55 Å². The van der Waals surface area contributed by atoms with Gasteiger partial charge < -0.3 is 9.30 Å². The highest BCUT2D eigenvalue weighted by atomic mass is 19.1. The summed E-state index contributed by atoms with van der Waals surface area (Å²) in [6, 6.07) is 9.43. The van der Waals surface area contributed by atoms with E-state index >= 15 is 0 Å². The molecule has 0 radical (unpaired) electrons. The number of rotatable bonds is 2. The maximum absolute atomic E-state index is 13.7. The van der Waals surface area contributed by atoms with Crippen molar-refractivity contribution >= 4 is 39.9 Å². The number of fused-ring (bicyclic) bond motifs is 2. The molecule has 7 heteroatoms. The highest BCUT2D eigenvalue weighted by Gasteiger charge is 2.38. The number of aryl methyl sites for hydroxylation is 1. The average molecular weight is 365 g/mol. The van der Waals surface area contributed by atoms with Gasteiger partial charge >= 0.3 is 0 Å². The lowest BCUT2D eigenvalue weighted by Gasteiger charge is -2.13. The number of methoxy groups -OCH3 is 1. The van der Waals surface area contributed by atoms with Gasteiger partial charge in [0.25, 0.3) is 5.91 Å². The van der Waals surface area contributed by atoms with Gasteiger partial charge in [-0.2, -0.15) is 0 Å². The van der Waals surface area contributed by atoms with Crippen molar-refractivity contribution in [2.24, 2.45) is 7.05 Å². The lowest BCUT2D eigenvalue weighted by atomic mass is 10.0. The van der Waals surface area contributed by atoms with Crippen molar-refractivity contribution in [3.63, 3.8) is 0 Å². The van der Waals surface area contributed by atoms with Crippen LogP contribution in [0, 0.1) is 5.82 Å². The second-order valence-corrected chi connectivity index (χ2v) is 6.29. The Labute approximate surface area is 154 Å². The standard InChI is InChI=1S/C20H16FN3O3/c1-11(25)24-17-9-13(21)5-6-14(17)18(20(24)26)19(27-3)12-4-7-16-15(8-12)22-10-23(16)2/h4-10H,1-3H3/b19-18+. The van der Waals surface area contributed by atoms with Gasteiger partial charge in [0.1, 0.15) is 11.6 Å². The van der Waals surface area contributed by atoms with Crippen molar-refractivity contribution < 1.29 is 18.7 Å². The van der Waals surface area contributed by atoms with E-state index in [1.54, 1.807) is 6.33 Å². The van der Waals surface area contributed by atoms with Crippen LogP contribution in [0.4, 0.5) is 10.1 Å². The molecule has 0 bridgehead atoms. The van der Waals surface area contributed by atoms with E-state index in [9.17, 15) is 14.0 Å². The lowest BCUT2D eigenvalue weighted by Crippen LogP contribution is -2.31. The van der Waals surface area contributed by atoms with Crippen LogP contribution in [0.25, 0.3) is 22.4 Å². The molecule has 4 rings (SSSR count). The zero-order chi connectivity index (χ0) is 19.3. The van der Waals surface area contributed by atoms with Crippen molar-refractivity contribution in [2.45, 2.75) is 6.92 Å². The predicted octanol–water partition coefficient (Wildman–Crippen LogP) is 3.12. The molecule has 1 aromatic heterocycles. The van der Waals surface area contributed by atoms with Crippen LogP contribution < -0.4 is 4.90 Å². The van der Waals surface area contributed by atoms with Crippen molar-refractivity contribution in [2.75, 3.05) is 12.0 Å². The number of carbonyl (C=O) groups excluding carboxylic acids is 2. The molecular formula is C20H16FN3O3. The number of ether oxygens (including phenoxy) is 1. The van der Waals surface area contributed by atoms with Gasteiger partial charge in [-0.1, -0.05) is 0 Å². The molecule has 1 aliphatic rings. The minimum atomic E-state index is -0.541. The van der Waals surface area contributed by atoms with Gasteiger partial charge in [0, 0.05) is 25.1 Å². The molecule has 1 aliphatic heterocycles. The zero-order valence-electron chi connectivity index (χ0n) is 15.0. The first-order valence-electron chi connectivity index (χ1n) is 8.27. The van der Waals surface area contributed by atoms with Gasteiger partial charge in [-0.05, 0) is 36.4 Å². The van der Waals surface area contributed by atoms with Crippen LogP contribution in [0.2, 0.25) is 0 Å². The largest absolute Gasteiger partial charge is 0.495 e. The molecule has 0 N–H and O–H groups in total. The molecule has 2 heterocycles. The van der Waals surface area contributed by atoms with Gasteiger partial charge in [-0.15, -0.1) is 0 Å². The van der Waals surface area contributed by atoms with Crippen LogP contribution in [0.5, 0.6) is 0 Å². The Morgan fingerprint density at radius 2 is 1.96 bits per heavy atom. The summed E-state index contributed by atoms with van der Waals surface area (Å²) in [5, 5.41) is 0. The van der Waals surface area contributed by atoms with Gasteiger partial charge in [0.15, 0.2) is 0 Å². The number of halogens is 1. The molecule has 3 aromatic rings. The summed E-state index contributed by atoms with van der Waals surface area (Å²) in [5.41, 5.74) is 3.22. The van der Waals surface area contributed by atoms with Crippen LogP contribution >= 0.6 is 0 Å². The number of imidazole rings is 1. The Morgan fingerprint density at radius 1 is 1.19 bits per heavy atom. The van der Waals surface area contributed by atoms with Gasteiger partial charge in [0.05, 0.1) is 35.7 Å². The maximum Gasteiger partial charge on any atom is 0.269 e. The predicted molar refractivity (Wildman–Crippen MR) is 99.1 cm³/mol. The summed E-state index contributed by atoms with van der Waals surface area (Å²) in [7, 11) is 3.35. The molecule has 136 valence electrons. The lowest BCUT2D eigenvalue weighted by molar-refractivity contribution is -0.122. The van der Waals surface area contributed by atoms with E-state index in [0.717, 1.165) is 15.9 Å². The van der Waals surface area contributed by atoms with E-state index in [1.165, 1.54) is 32.2 Å². The number of carbonyl (C=O) groups is 2. The first-order valence-corrected chi connectivity index (χ1v) is 8.27. The van der Waals surface area contributed by atoms with Crippen LogP contribution in [-0.4, -0.2) is 28.5 Å². The molecule has 0 saturated carbocycles. The second-order valence-electron chi connectivity index (χ2n) is 6.29. The van der Waals surface area contributed by atoms with Crippen LogP contribution in [-0.2, 0) is 21.4 Å². The number of hydrogen-bond acceptors (Lipinski definition) is 4. The monoisotopic (exact) mass is 365 g/mol. The molecule has 0 spiro atoms. The SMILES string of the molecule is CO/C(=C1/C(=O)N(C(C)=O)c2cc(F)ccc21)c1ccc2c(c1)ncn2C. The molecule has 2 amide bonds. The Morgan fingerprint density at radius 3 is 2.67 bits per heavy atom. The van der Waals surface area contributed by atoms with E-state index < -0.39 is 17.6 Å². The third kappa shape index (κ3) is 2.51. The number of amides is 2. The zero-order valence-corrected chi connectivity index (χ0v) is 15.0. The molecule has 27 heavy (non-hydrogen) atoms. The average Bonchev–Trinajstić information content (AvgIpc) is 3.13. The normalized spacial score (nSPS) is 15.3. The molecular weight excluding hydrogens is 349 g/mol. The number of nitrogens with zero attached hydrogens (tertiary/aromatic N) is 3. The fraction of sp³-hybridized carbons (Fsp3) is 0.150. The van der Waals surface area contributed by atoms with E-state index in [4.69, 9.17) is 4.74 Å². The summed E-state index contributed by atoms with van der Waals surface area (Å²) in [4.78, 5) is 30.3. The second kappa shape index (κ2) is 6.05. The fourth-order valence-electron chi connectivity index (χ4n) is 3.41. The minimum Gasteiger partial charge on any atom is -0.495 e. The highest BCUT2D eigenvalue weighted by Crippen LogP contribution is 2.41. The maximum atomic E-state index is 13.7. The quantitative estimate of drug-likeness (QED) is 0.517. The Kier molecular flexibility index (Phi) is 3.80. The smallest absolute Gasteiger partial charge is 0.269 e. The van der Waals surface area contributed by atoms with E-state index in [-0.39, 0.29) is 11.3 Å². The number of anilines is 1. The van der Waals surface area contributed by atoms with Crippen molar-refractivity contribution in [1.29, 1.82) is 0 Å².